The largest absolute Gasteiger partial charge is 0.497 e. The third-order valence-corrected chi connectivity index (χ3v) is 6.34. The minimum atomic E-state index is 0.690. The Balaban J connectivity index is 1.79. The molecule has 192 valence electrons. The molecule has 0 fully saturated rings. The molecule has 37 heavy (non-hydrogen) atoms. The zero-order chi connectivity index (χ0) is 26.5. The van der Waals surface area contributed by atoms with Gasteiger partial charge in [-0.25, -0.2) is 4.98 Å². The Morgan fingerprint density at radius 2 is 1.70 bits per heavy atom. The van der Waals surface area contributed by atoms with E-state index in [1.54, 1.807) is 31.3 Å². The van der Waals surface area contributed by atoms with Gasteiger partial charge < -0.3 is 19.3 Å². The Bertz CT molecular complexity index is 1420. The number of aryl methyl sites for hydroxylation is 1. The first-order valence-corrected chi connectivity index (χ1v) is 12.1. The molecule has 0 spiro atoms. The standard InChI is InChI=1S/C29H34N6O2/c1-8-21(4)34(20(2)3)11-12-35(24-13-25(36-6)16-26(14-24)37-7)23-9-10-27-28(15-23)32-29(18-30-27)22-17-31-33(5)19-22/h8-10,13-19H,2,11-12H2,1,3-7H3/b21-8-. The number of aromatic nitrogens is 4. The van der Waals surface area contributed by atoms with E-state index in [0.29, 0.717) is 6.54 Å². The van der Waals surface area contributed by atoms with E-state index >= 15 is 0 Å². The van der Waals surface area contributed by atoms with Crippen molar-refractivity contribution in [1.82, 2.24) is 24.6 Å². The second kappa shape index (κ2) is 11.2. The van der Waals surface area contributed by atoms with Crippen LogP contribution in [0.25, 0.3) is 22.3 Å². The summed E-state index contributed by atoms with van der Waals surface area (Å²) in [6.45, 7) is 11.8. The third-order valence-electron chi connectivity index (χ3n) is 6.34. The highest BCUT2D eigenvalue weighted by Crippen LogP contribution is 2.34. The van der Waals surface area contributed by atoms with Gasteiger partial charge in [-0.3, -0.25) is 9.67 Å². The molecule has 0 aliphatic rings. The topological polar surface area (TPSA) is 68.5 Å². The van der Waals surface area contributed by atoms with E-state index < -0.39 is 0 Å². The number of allylic oxidation sites excluding steroid dienone is 3. The Kier molecular flexibility index (Phi) is 7.77. The van der Waals surface area contributed by atoms with Crippen LogP contribution in [0.1, 0.15) is 20.8 Å². The molecular formula is C29H34N6O2. The van der Waals surface area contributed by atoms with Crippen molar-refractivity contribution >= 4 is 22.4 Å². The molecule has 0 aliphatic carbocycles. The fraction of sp³-hybridized carbons (Fsp3) is 0.276. The number of hydrogen-bond donors (Lipinski definition) is 0. The summed E-state index contributed by atoms with van der Waals surface area (Å²) in [6.07, 6.45) is 7.61. The molecule has 0 unspecified atom stereocenters. The van der Waals surface area contributed by atoms with Gasteiger partial charge in [0.05, 0.1) is 43.3 Å². The second-order valence-electron chi connectivity index (χ2n) is 8.87. The van der Waals surface area contributed by atoms with Gasteiger partial charge in [0.2, 0.25) is 0 Å². The van der Waals surface area contributed by atoms with Gasteiger partial charge in [-0.2, -0.15) is 5.10 Å². The number of hydrogen-bond acceptors (Lipinski definition) is 7. The summed E-state index contributed by atoms with van der Waals surface area (Å²) < 4.78 is 12.9. The summed E-state index contributed by atoms with van der Waals surface area (Å²) in [5, 5.41) is 4.27. The molecule has 0 N–H and O–H groups in total. The van der Waals surface area contributed by atoms with Crippen molar-refractivity contribution in [3.05, 3.63) is 79.0 Å². The molecule has 4 rings (SSSR count). The number of fused-ring (bicyclic) bond motifs is 1. The summed E-state index contributed by atoms with van der Waals surface area (Å²) in [6, 6.07) is 12.0. The van der Waals surface area contributed by atoms with Gasteiger partial charge in [-0.15, -0.1) is 0 Å². The molecule has 0 saturated heterocycles. The number of benzene rings is 2. The van der Waals surface area contributed by atoms with Crippen molar-refractivity contribution in [2.45, 2.75) is 20.8 Å². The molecule has 0 aliphatic heterocycles. The van der Waals surface area contributed by atoms with Crippen molar-refractivity contribution in [2.24, 2.45) is 7.05 Å². The van der Waals surface area contributed by atoms with E-state index in [-0.39, 0.29) is 0 Å². The van der Waals surface area contributed by atoms with Crippen molar-refractivity contribution in [2.75, 3.05) is 32.2 Å². The maximum absolute atomic E-state index is 5.57. The zero-order valence-corrected chi connectivity index (χ0v) is 22.4. The Hall–Kier alpha value is -4.33. The maximum Gasteiger partial charge on any atom is 0.124 e. The van der Waals surface area contributed by atoms with Crippen molar-refractivity contribution in [1.29, 1.82) is 0 Å². The van der Waals surface area contributed by atoms with Crippen LogP contribution in [-0.4, -0.2) is 52.0 Å². The highest BCUT2D eigenvalue weighted by molar-refractivity contribution is 5.82. The van der Waals surface area contributed by atoms with Gasteiger partial charge in [0.25, 0.3) is 0 Å². The van der Waals surface area contributed by atoms with Crippen molar-refractivity contribution in [3.8, 4) is 22.8 Å². The number of nitrogens with zero attached hydrogens (tertiary/aromatic N) is 6. The summed E-state index contributed by atoms with van der Waals surface area (Å²) >= 11 is 0. The first-order chi connectivity index (χ1) is 17.8. The van der Waals surface area contributed by atoms with Gasteiger partial charge in [-0.05, 0) is 39.0 Å². The zero-order valence-electron chi connectivity index (χ0n) is 22.4. The van der Waals surface area contributed by atoms with Gasteiger partial charge in [-0.1, -0.05) is 12.7 Å². The molecule has 8 heteroatoms. The molecule has 0 radical (unpaired) electrons. The summed E-state index contributed by atoms with van der Waals surface area (Å²) in [5.74, 6) is 1.44. The number of rotatable bonds is 10. The summed E-state index contributed by atoms with van der Waals surface area (Å²) in [5.41, 5.74) is 7.42. The predicted molar refractivity (Wildman–Crippen MR) is 149 cm³/mol. The Morgan fingerprint density at radius 3 is 2.30 bits per heavy atom. The molecule has 2 heterocycles. The van der Waals surface area contributed by atoms with Crippen LogP contribution in [0.4, 0.5) is 11.4 Å². The predicted octanol–water partition coefficient (Wildman–Crippen LogP) is 5.94. The SMILES string of the molecule is C=C(C)N(CCN(c1cc(OC)cc(OC)c1)c1ccc2ncc(-c3cnn(C)c3)nc2c1)/C(C)=C\C. The Labute approximate surface area is 218 Å². The van der Waals surface area contributed by atoms with Crippen molar-refractivity contribution < 1.29 is 9.47 Å². The second-order valence-corrected chi connectivity index (χ2v) is 8.87. The number of methoxy groups -OCH3 is 2. The maximum atomic E-state index is 5.57. The van der Waals surface area contributed by atoms with Crippen molar-refractivity contribution in [3.63, 3.8) is 0 Å². The summed E-state index contributed by atoms with van der Waals surface area (Å²) in [4.78, 5) is 14.0. The first-order valence-electron chi connectivity index (χ1n) is 12.1. The molecule has 4 aromatic rings. The third kappa shape index (κ3) is 5.74. The average Bonchev–Trinajstić information content (AvgIpc) is 3.35. The highest BCUT2D eigenvalue weighted by Gasteiger charge is 2.17. The Morgan fingerprint density at radius 1 is 0.973 bits per heavy atom. The number of anilines is 2. The molecule has 0 saturated carbocycles. The van der Waals surface area contributed by atoms with Crippen LogP contribution in [-0.2, 0) is 7.05 Å². The molecule has 0 bridgehead atoms. The van der Waals surface area contributed by atoms with Crippen LogP contribution < -0.4 is 14.4 Å². The highest BCUT2D eigenvalue weighted by atomic mass is 16.5. The molecule has 2 aromatic heterocycles. The molecular weight excluding hydrogens is 464 g/mol. The van der Waals surface area contributed by atoms with Crippen LogP contribution in [0, 0.1) is 0 Å². The van der Waals surface area contributed by atoms with Crippen LogP contribution in [0.2, 0.25) is 0 Å². The van der Waals surface area contributed by atoms with Gasteiger partial charge >= 0.3 is 0 Å². The molecule has 0 atom stereocenters. The minimum absolute atomic E-state index is 0.690. The lowest BCUT2D eigenvalue weighted by Gasteiger charge is -2.31. The van der Waals surface area contributed by atoms with E-state index in [1.165, 1.54) is 0 Å². The quantitative estimate of drug-likeness (QED) is 0.268. The average molecular weight is 499 g/mol. The van der Waals surface area contributed by atoms with E-state index in [4.69, 9.17) is 14.5 Å². The lowest BCUT2D eigenvalue weighted by molar-refractivity contribution is 0.394. The molecule has 8 nitrogen and oxygen atoms in total. The lowest BCUT2D eigenvalue weighted by Crippen LogP contribution is -2.31. The summed E-state index contributed by atoms with van der Waals surface area (Å²) in [7, 11) is 5.21. The monoisotopic (exact) mass is 498 g/mol. The van der Waals surface area contributed by atoms with Crippen LogP contribution in [0.5, 0.6) is 11.5 Å². The van der Waals surface area contributed by atoms with Gasteiger partial charge in [0, 0.05) is 72.9 Å². The van der Waals surface area contributed by atoms with Crippen LogP contribution >= 0.6 is 0 Å². The molecule has 0 amide bonds. The van der Waals surface area contributed by atoms with E-state index in [1.807, 2.05) is 51.4 Å². The lowest BCUT2D eigenvalue weighted by atomic mass is 10.2. The van der Waals surface area contributed by atoms with E-state index in [9.17, 15) is 0 Å². The molecule has 2 aromatic carbocycles. The first kappa shape index (κ1) is 25.8. The minimum Gasteiger partial charge on any atom is -0.497 e. The van der Waals surface area contributed by atoms with Gasteiger partial charge in [0.1, 0.15) is 11.5 Å². The normalized spacial score (nSPS) is 11.5. The number of ether oxygens (including phenoxy) is 2. The van der Waals surface area contributed by atoms with E-state index in [2.05, 4.69) is 51.6 Å². The van der Waals surface area contributed by atoms with Crippen LogP contribution in [0.15, 0.2) is 79.0 Å². The fourth-order valence-electron chi connectivity index (χ4n) is 4.24. The van der Waals surface area contributed by atoms with Crippen LogP contribution in [0.3, 0.4) is 0 Å². The van der Waals surface area contributed by atoms with Gasteiger partial charge in [0.15, 0.2) is 0 Å². The smallest absolute Gasteiger partial charge is 0.124 e. The van der Waals surface area contributed by atoms with E-state index in [0.717, 1.165) is 63.1 Å². The fourth-order valence-corrected chi connectivity index (χ4v) is 4.24.